The van der Waals surface area contributed by atoms with E-state index in [9.17, 15) is 0 Å². The van der Waals surface area contributed by atoms with Crippen LogP contribution in [0.25, 0.3) is 5.65 Å². The predicted octanol–water partition coefficient (Wildman–Crippen LogP) is 2.71. The van der Waals surface area contributed by atoms with Crippen molar-refractivity contribution in [2.24, 2.45) is 0 Å². The van der Waals surface area contributed by atoms with Crippen LogP contribution < -0.4 is 10.6 Å². The Labute approximate surface area is 120 Å². The number of aromatic nitrogens is 2. The maximum absolute atomic E-state index is 4.78. The number of imidazole rings is 1. The van der Waals surface area contributed by atoms with E-state index in [4.69, 9.17) is 4.98 Å². The molecule has 4 nitrogen and oxygen atoms in total. The normalized spacial score (nSPS) is 16.8. The summed E-state index contributed by atoms with van der Waals surface area (Å²) in [6, 6.07) is 2.33. The third-order valence-corrected chi connectivity index (χ3v) is 4.38. The first-order chi connectivity index (χ1) is 9.74. The molecule has 2 aromatic heterocycles. The highest BCUT2D eigenvalue weighted by Gasteiger charge is 2.18. The van der Waals surface area contributed by atoms with Crippen LogP contribution in [0.1, 0.15) is 42.5 Å². The largest absolute Gasteiger partial charge is 0.373 e. The summed E-state index contributed by atoms with van der Waals surface area (Å²) in [7, 11) is 1.98. The van der Waals surface area contributed by atoms with Crippen molar-refractivity contribution in [3.05, 3.63) is 29.1 Å². The van der Waals surface area contributed by atoms with Crippen molar-refractivity contribution >= 4 is 11.5 Å². The first-order valence-corrected chi connectivity index (χ1v) is 7.64. The number of hydrogen-bond donors (Lipinski definition) is 2. The summed E-state index contributed by atoms with van der Waals surface area (Å²) in [6.45, 7) is 6.59. The summed E-state index contributed by atoms with van der Waals surface area (Å²) in [5, 5.41) is 6.76. The molecule has 0 unspecified atom stereocenters. The lowest BCUT2D eigenvalue weighted by Crippen LogP contribution is -2.26. The fraction of sp³-hybridized carbons (Fsp3) is 0.562. The second kappa shape index (κ2) is 5.44. The standard InChI is InChI=1S/C16H24N4/c1-4-14-16(17-3)20-10-13(9-11(2)15(20)19-14)12-5-7-18-8-6-12/h9-10,12,17-18H,4-8H2,1-3H3. The number of hydrogen-bond acceptors (Lipinski definition) is 3. The number of nitrogens with zero attached hydrogens (tertiary/aromatic N) is 2. The molecular formula is C16H24N4. The summed E-state index contributed by atoms with van der Waals surface area (Å²) in [5.41, 5.74) is 4.97. The molecule has 0 saturated carbocycles. The zero-order valence-corrected chi connectivity index (χ0v) is 12.7. The van der Waals surface area contributed by atoms with Gasteiger partial charge in [-0.05, 0) is 56.3 Å². The molecule has 0 aromatic carbocycles. The molecule has 3 heterocycles. The molecule has 108 valence electrons. The molecule has 0 spiro atoms. The van der Waals surface area contributed by atoms with Gasteiger partial charge in [0.05, 0.1) is 5.69 Å². The number of anilines is 1. The van der Waals surface area contributed by atoms with Crippen LogP contribution in [0.15, 0.2) is 12.3 Å². The molecule has 0 atom stereocenters. The van der Waals surface area contributed by atoms with Crippen molar-refractivity contribution in [2.75, 3.05) is 25.5 Å². The third kappa shape index (κ3) is 2.18. The fourth-order valence-electron chi connectivity index (χ4n) is 3.27. The van der Waals surface area contributed by atoms with Crippen LogP contribution in [0.4, 0.5) is 5.82 Å². The first kappa shape index (κ1) is 13.4. The lowest BCUT2D eigenvalue weighted by atomic mass is 9.91. The number of rotatable bonds is 3. The van der Waals surface area contributed by atoms with E-state index in [2.05, 4.69) is 41.1 Å². The average Bonchev–Trinajstić information content (AvgIpc) is 2.86. The fourth-order valence-corrected chi connectivity index (χ4v) is 3.27. The van der Waals surface area contributed by atoms with Crippen LogP contribution in [0, 0.1) is 6.92 Å². The number of pyridine rings is 1. The highest BCUT2D eigenvalue weighted by atomic mass is 15.1. The second-order valence-corrected chi connectivity index (χ2v) is 5.68. The SMILES string of the molecule is CCc1nc2c(C)cc(C3CCNCC3)cn2c1NC. The third-order valence-electron chi connectivity index (χ3n) is 4.38. The lowest BCUT2D eigenvalue weighted by Gasteiger charge is -2.23. The number of fused-ring (bicyclic) bond motifs is 1. The summed E-state index contributed by atoms with van der Waals surface area (Å²) in [5.74, 6) is 1.82. The molecule has 1 fully saturated rings. The molecule has 0 aliphatic carbocycles. The van der Waals surface area contributed by atoms with Gasteiger partial charge in [0.25, 0.3) is 0 Å². The molecule has 1 aliphatic rings. The van der Waals surface area contributed by atoms with Gasteiger partial charge in [-0.25, -0.2) is 4.98 Å². The van der Waals surface area contributed by atoms with Gasteiger partial charge >= 0.3 is 0 Å². The monoisotopic (exact) mass is 272 g/mol. The summed E-state index contributed by atoms with van der Waals surface area (Å²) < 4.78 is 2.24. The maximum Gasteiger partial charge on any atom is 0.141 e. The number of piperidine rings is 1. The summed E-state index contributed by atoms with van der Waals surface area (Å²) in [4.78, 5) is 4.78. The van der Waals surface area contributed by atoms with Crippen molar-refractivity contribution in [1.29, 1.82) is 0 Å². The van der Waals surface area contributed by atoms with Gasteiger partial charge in [0, 0.05) is 13.2 Å². The Morgan fingerprint density at radius 3 is 2.80 bits per heavy atom. The number of aryl methyl sites for hydroxylation is 2. The predicted molar refractivity (Wildman–Crippen MR) is 83.7 cm³/mol. The maximum atomic E-state index is 4.78. The molecule has 20 heavy (non-hydrogen) atoms. The minimum absolute atomic E-state index is 0.677. The Morgan fingerprint density at radius 1 is 1.40 bits per heavy atom. The smallest absolute Gasteiger partial charge is 0.141 e. The summed E-state index contributed by atoms with van der Waals surface area (Å²) >= 11 is 0. The zero-order chi connectivity index (χ0) is 14.1. The molecule has 1 aliphatic heterocycles. The lowest BCUT2D eigenvalue weighted by molar-refractivity contribution is 0.459. The van der Waals surface area contributed by atoms with Gasteiger partial charge in [0.2, 0.25) is 0 Å². The number of nitrogens with one attached hydrogen (secondary N) is 2. The molecular weight excluding hydrogens is 248 g/mol. The average molecular weight is 272 g/mol. The second-order valence-electron chi connectivity index (χ2n) is 5.68. The molecule has 0 amide bonds. The van der Waals surface area contributed by atoms with E-state index in [1.807, 2.05) is 7.05 Å². The van der Waals surface area contributed by atoms with Gasteiger partial charge in [0.1, 0.15) is 11.5 Å². The van der Waals surface area contributed by atoms with Crippen LogP contribution in [-0.4, -0.2) is 29.5 Å². The van der Waals surface area contributed by atoms with Crippen LogP contribution >= 0.6 is 0 Å². The Morgan fingerprint density at radius 2 is 2.15 bits per heavy atom. The Balaban J connectivity index is 2.11. The van der Waals surface area contributed by atoms with E-state index >= 15 is 0 Å². The Kier molecular flexibility index (Phi) is 3.66. The molecule has 2 N–H and O–H groups in total. The van der Waals surface area contributed by atoms with E-state index in [0.29, 0.717) is 5.92 Å². The van der Waals surface area contributed by atoms with Gasteiger partial charge in [0.15, 0.2) is 0 Å². The van der Waals surface area contributed by atoms with Gasteiger partial charge in [-0.2, -0.15) is 0 Å². The van der Waals surface area contributed by atoms with Crippen molar-refractivity contribution in [1.82, 2.24) is 14.7 Å². The minimum atomic E-state index is 0.677. The van der Waals surface area contributed by atoms with Crippen LogP contribution in [0.5, 0.6) is 0 Å². The van der Waals surface area contributed by atoms with Gasteiger partial charge in [-0.15, -0.1) is 0 Å². The van der Waals surface area contributed by atoms with Crippen molar-refractivity contribution in [2.45, 2.75) is 39.0 Å². The highest BCUT2D eigenvalue weighted by Crippen LogP contribution is 2.29. The van der Waals surface area contributed by atoms with Crippen LogP contribution in [0.3, 0.4) is 0 Å². The van der Waals surface area contributed by atoms with Crippen molar-refractivity contribution in [3.63, 3.8) is 0 Å². The first-order valence-electron chi connectivity index (χ1n) is 7.64. The van der Waals surface area contributed by atoms with Gasteiger partial charge in [-0.1, -0.05) is 13.0 Å². The molecule has 4 heteroatoms. The molecule has 3 rings (SSSR count). The van der Waals surface area contributed by atoms with Crippen LogP contribution in [0.2, 0.25) is 0 Å². The highest BCUT2D eigenvalue weighted by molar-refractivity contribution is 5.60. The minimum Gasteiger partial charge on any atom is -0.373 e. The molecule has 0 bridgehead atoms. The quantitative estimate of drug-likeness (QED) is 0.902. The van der Waals surface area contributed by atoms with Crippen LogP contribution in [-0.2, 0) is 6.42 Å². The molecule has 2 aromatic rings. The van der Waals surface area contributed by atoms with E-state index < -0.39 is 0 Å². The zero-order valence-electron chi connectivity index (χ0n) is 12.7. The topological polar surface area (TPSA) is 41.4 Å². The van der Waals surface area contributed by atoms with Gasteiger partial charge < -0.3 is 10.6 Å². The van der Waals surface area contributed by atoms with E-state index in [0.717, 1.165) is 36.7 Å². The summed E-state index contributed by atoms with van der Waals surface area (Å²) in [6.07, 6.45) is 5.71. The van der Waals surface area contributed by atoms with Crippen molar-refractivity contribution in [3.8, 4) is 0 Å². The van der Waals surface area contributed by atoms with Gasteiger partial charge in [-0.3, -0.25) is 4.40 Å². The Hall–Kier alpha value is -1.55. The van der Waals surface area contributed by atoms with Crippen molar-refractivity contribution < 1.29 is 0 Å². The molecule has 0 radical (unpaired) electrons. The van der Waals surface area contributed by atoms with E-state index in [1.165, 1.54) is 24.0 Å². The van der Waals surface area contributed by atoms with E-state index in [-0.39, 0.29) is 0 Å². The Bertz CT molecular complexity index is 608. The molecule has 1 saturated heterocycles. The van der Waals surface area contributed by atoms with E-state index in [1.54, 1.807) is 0 Å².